The molecule has 0 atom stereocenters. The maximum absolute atomic E-state index is 11.3. The van der Waals surface area contributed by atoms with Gasteiger partial charge in [-0.25, -0.2) is 0 Å². The van der Waals surface area contributed by atoms with Crippen molar-refractivity contribution in [3.8, 4) is 11.1 Å². The van der Waals surface area contributed by atoms with Crippen molar-refractivity contribution in [2.45, 2.75) is 0 Å². The van der Waals surface area contributed by atoms with Gasteiger partial charge >= 0.3 is 0 Å². The number of hydrogen-bond donors (Lipinski definition) is 0. The fourth-order valence-electron chi connectivity index (χ4n) is 3.00. The molecule has 0 aliphatic heterocycles. The van der Waals surface area contributed by atoms with Crippen molar-refractivity contribution in [1.29, 1.82) is 0 Å². The predicted molar refractivity (Wildman–Crippen MR) is 97.3 cm³/mol. The minimum Gasteiger partial charge on any atom is -0.298 e. The van der Waals surface area contributed by atoms with E-state index in [-0.39, 0.29) is 0 Å². The molecule has 0 heterocycles. The van der Waals surface area contributed by atoms with Crippen LogP contribution >= 0.6 is 11.6 Å². The summed E-state index contributed by atoms with van der Waals surface area (Å²) in [6, 6.07) is 24.4. The molecule has 0 radical (unpaired) electrons. The maximum atomic E-state index is 11.3. The second-order valence-corrected chi connectivity index (χ2v) is 6.05. The fourth-order valence-corrected chi connectivity index (χ4v) is 3.18. The molecule has 0 saturated carbocycles. The van der Waals surface area contributed by atoms with Crippen LogP contribution in [-0.4, -0.2) is 6.29 Å². The molecule has 4 aromatic carbocycles. The number of halogens is 1. The summed E-state index contributed by atoms with van der Waals surface area (Å²) in [7, 11) is 0. The van der Waals surface area contributed by atoms with Crippen molar-refractivity contribution in [1.82, 2.24) is 0 Å². The zero-order valence-corrected chi connectivity index (χ0v) is 13.0. The summed E-state index contributed by atoms with van der Waals surface area (Å²) in [5.74, 6) is 0. The van der Waals surface area contributed by atoms with Gasteiger partial charge in [-0.05, 0) is 63.0 Å². The predicted octanol–water partition coefficient (Wildman–Crippen LogP) is 6.13. The van der Waals surface area contributed by atoms with Crippen LogP contribution in [0.5, 0.6) is 0 Å². The number of carbonyl (C=O) groups is 1. The highest BCUT2D eigenvalue weighted by atomic mass is 35.5. The number of aldehydes is 1. The molecule has 23 heavy (non-hydrogen) atoms. The standard InChI is InChI=1S/C21H13ClO/c22-20-7-8-21(19(12-20)13-23)17-6-5-16-9-14-3-1-2-4-15(14)10-18(16)11-17/h1-13H. The summed E-state index contributed by atoms with van der Waals surface area (Å²) in [5, 5.41) is 5.36. The topological polar surface area (TPSA) is 17.1 Å². The van der Waals surface area contributed by atoms with E-state index in [2.05, 4.69) is 36.4 Å². The molecule has 0 saturated heterocycles. The first-order valence-corrected chi connectivity index (χ1v) is 7.80. The van der Waals surface area contributed by atoms with Crippen molar-refractivity contribution >= 4 is 39.4 Å². The van der Waals surface area contributed by atoms with Crippen LogP contribution in [0.4, 0.5) is 0 Å². The Morgan fingerprint density at radius 1 is 0.696 bits per heavy atom. The average Bonchev–Trinajstić information content (AvgIpc) is 2.59. The van der Waals surface area contributed by atoms with E-state index >= 15 is 0 Å². The molecule has 0 aliphatic carbocycles. The van der Waals surface area contributed by atoms with Gasteiger partial charge in [-0.3, -0.25) is 4.79 Å². The van der Waals surface area contributed by atoms with Gasteiger partial charge in [0.15, 0.2) is 6.29 Å². The Balaban J connectivity index is 1.95. The maximum Gasteiger partial charge on any atom is 0.150 e. The van der Waals surface area contributed by atoms with Crippen LogP contribution in [0.1, 0.15) is 10.4 Å². The molecule has 0 aliphatic rings. The van der Waals surface area contributed by atoms with Crippen LogP contribution in [-0.2, 0) is 0 Å². The van der Waals surface area contributed by atoms with Gasteiger partial charge in [0.1, 0.15) is 0 Å². The van der Waals surface area contributed by atoms with Gasteiger partial charge in [0.25, 0.3) is 0 Å². The highest BCUT2D eigenvalue weighted by Crippen LogP contribution is 2.30. The molecular formula is C21H13ClO. The summed E-state index contributed by atoms with van der Waals surface area (Å²) >= 11 is 5.98. The molecule has 110 valence electrons. The van der Waals surface area contributed by atoms with Gasteiger partial charge in [0, 0.05) is 10.6 Å². The Bertz CT molecular complexity index is 1050. The van der Waals surface area contributed by atoms with Crippen molar-refractivity contribution in [3.63, 3.8) is 0 Å². The lowest BCUT2D eigenvalue weighted by atomic mass is 9.96. The van der Waals surface area contributed by atoms with E-state index in [0.717, 1.165) is 22.8 Å². The Morgan fingerprint density at radius 2 is 1.39 bits per heavy atom. The lowest BCUT2D eigenvalue weighted by Gasteiger charge is -2.08. The lowest BCUT2D eigenvalue weighted by molar-refractivity contribution is 0.112. The van der Waals surface area contributed by atoms with Crippen molar-refractivity contribution in [2.75, 3.05) is 0 Å². The van der Waals surface area contributed by atoms with Crippen molar-refractivity contribution < 1.29 is 4.79 Å². The van der Waals surface area contributed by atoms with Crippen LogP contribution in [0.2, 0.25) is 5.02 Å². The van der Waals surface area contributed by atoms with Crippen LogP contribution in [0.15, 0.2) is 72.8 Å². The van der Waals surface area contributed by atoms with Gasteiger partial charge in [-0.2, -0.15) is 0 Å². The zero-order chi connectivity index (χ0) is 15.8. The smallest absolute Gasteiger partial charge is 0.150 e. The highest BCUT2D eigenvalue weighted by Gasteiger charge is 2.07. The molecule has 0 unspecified atom stereocenters. The Hall–Kier alpha value is -2.64. The summed E-state index contributed by atoms with van der Waals surface area (Å²) in [6.45, 7) is 0. The average molecular weight is 317 g/mol. The fraction of sp³-hybridized carbons (Fsp3) is 0. The monoisotopic (exact) mass is 316 g/mol. The molecule has 4 rings (SSSR count). The second-order valence-electron chi connectivity index (χ2n) is 5.61. The molecule has 0 N–H and O–H groups in total. The lowest BCUT2D eigenvalue weighted by Crippen LogP contribution is -1.88. The number of rotatable bonds is 2. The molecule has 2 heteroatoms. The number of benzene rings is 4. The van der Waals surface area contributed by atoms with E-state index in [1.807, 2.05) is 30.3 Å². The first kappa shape index (κ1) is 14.0. The van der Waals surface area contributed by atoms with E-state index in [1.165, 1.54) is 16.2 Å². The minimum absolute atomic E-state index is 0.572. The van der Waals surface area contributed by atoms with Crippen LogP contribution < -0.4 is 0 Å². The molecule has 4 aromatic rings. The zero-order valence-electron chi connectivity index (χ0n) is 12.3. The van der Waals surface area contributed by atoms with E-state index in [1.54, 1.807) is 6.07 Å². The number of hydrogen-bond acceptors (Lipinski definition) is 1. The van der Waals surface area contributed by atoms with E-state index in [9.17, 15) is 4.79 Å². The molecule has 1 nitrogen and oxygen atoms in total. The summed E-state index contributed by atoms with van der Waals surface area (Å²) in [6.07, 6.45) is 0.853. The third kappa shape index (κ3) is 2.49. The Kier molecular flexibility index (Phi) is 3.36. The number of carbonyl (C=O) groups excluding carboxylic acids is 1. The normalized spacial score (nSPS) is 11.0. The molecular weight excluding hydrogens is 304 g/mol. The van der Waals surface area contributed by atoms with Crippen molar-refractivity contribution in [2.24, 2.45) is 0 Å². The first-order chi connectivity index (χ1) is 11.2. The summed E-state index contributed by atoms with van der Waals surface area (Å²) < 4.78 is 0. The Labute approximate surface area is 139 Å². The number of fused-ring (bicyclic) bond motifs is 2. The van der Waals surface area contributed by atoms with Gasteiger partial charge in [0.2, 0.25) is 0 Å². The largest absolute Gasteiger partial charge is 0.298 e. The third-order valence-corrected chi connectivity index (χ3v) is 4.39. The highest BCUT2D eigenvalue weighted by molar-refractivity contribution is 6.31. The van der Waals surface area contributed by atoms with Crippen LogP contribution in [0.25, 0.3) is 32.7 Å². The van der Waals surface area contributed by atoms with Gasteiger partial charge < -0.3 is 0 Å². The van der Waals surface area contributed by atoms with Gasteiger partial charge in [-0.1, -0.05) is 54.1 Å². The molecule has 0 bridgehead atoms. The van der Waals surface area contributed by atoms with Crippen LogP contribution in [0.3, 0.4) is 0 Å². The molecule has 0 spiro atoms. The second kappa shape index (κ2) is 5.53. The van der Waals surface area contributed by atoms with Gasteiger partial charge in [0.05, 0.1) is 0 Å². The summed E-state index contributed by atoms with van der Waals surface area (Å²) in [5.41, 5.74) is 2.53. The molecule has 0 fully saturated rings. The minimum atomic E-state index is 0.572. The SMILES string of the molecule is O=Cc1cc(Cl)ccc1-c1ccc2cc3ccccc3cc2c1. The summed E-state index contributed by atoms with van der Waals surface area (Å²) in [4.78, 5) is 11.3. The quantitative estimate of drug-likeness (QED) is 0.321. The Morgan fingerprint density at radius 3 is 2.13 bits per heavy atom. The first-order valence-electron chi connectivity index (χ1n) is 7.42. The van der Waals surface area contributed by atoms with E-state index in [0.29, 0.717) is 10.6 Å². The van der Waals surface area contributed by atoms with Gasteiger partial charge in [-0.15, -0.1) is 0 Å². The van der Waals surface area contributed by atoms with E-state index in [4.69, 9.17) is 11.6 Å². The molecule has 0 amide bonds. The van der Waals surface area contributed by atoms with Crippen LogP contribution in [0, 0.1) is 0 Å². The van der Waals surface area contributed by atoms with E-state index < -0.39 is 0 Å². The van der Waals surface area contributed by atoms with Crippen molar-refractivity contribution in [3.05, 3.63) is 83.4 Å². The third-order valence-electron chi connectivity index (χ3n) is 4.16. The molecule has 0 aromatic heterocycles.